The van der Waals surface area contributed by atoms with Crippen LogP contribution < -0.4 is 5.32 Å². The smallest absolute Gasteiger partial charge is 0.0578 e. The minimum atomic E-state index is 0.321. The molecule has 1 unspecified atom stereocenters. The van der Waals surface area contributed by atoms with Crippen LogP contribution in [0.1, 0.15) is 18.5 Å². The van der Waals surface area contributed by atoms with E-state index in [0.717, 1.165) is 0 Å². The van der Waals surface area contributed by atoms with Crippen molar-refractivity contribution in [1.82, 2.24) is 5.32 Å². The van der Waals surface area contributed by atoms with Gasteiger partial charge in [-0.2, -0.15) is 0 Å². The van der Waals surface area contributed by atoms with Crippen LogP contribution in [0.25, 0.3) is 0 Å². The van der Waals surface area contributed by atoms with Gasteiger partial charge in [-0.15, -0.1) is 18.2 Å². The van der Waals surface area contributed by atoms with Gasteiger partial charge in [0.25, 0.3) is 0 Å². The molecule has 74 valence electrons. The molecule has 1 atom stereocenters. The average molecular weight is 205 g/mol. The maximum Gasteiger partial charge on any atom is 0.0578 e. The Morgan fingerprint density at radius 3 is 2.57 bits per heavy atom. The standard InChI is InChI=1S/C12H15NS/c1-4-9-13-10(2)11-5-7-12(14-3)8-6-11/h1,5-8,10,13H,9H2,2-3H3. The van der Waals surface area contributed by atoms with E-state index in [1.807, 2.05) is 0 Å². The van der Waals surface area contributed by atoms with E-state index < -0.39 is 0 Å². The first kappa shape index (κ1) is 11.2. The van der Waals surface area contributed by atoms with Crippen LogP contribution in [0.4, 0.5) is 0 Å². The minimum Gasteiger partial charge on any atom is -0.300 e. The molecule has 0 aliphatic rings. The molecule has 0 heterocycles. The highest BCUT2D eigenvalue weighted by Gasteiger charge is 2.02. The largest absolute Gasteiger partial charge is 0.300 e. The quantitative estimate of drug-likeness (QED) is 0.599. The Morgan fingerprint density at radius 1 is 1.43 bits per heavy atom. The fourth-order valence-corrected chi connectivity index (χ4v) is 1.63. The van der Waals surface area contributed by atoms with Crippen molar-refractivity contribution in [1.29, 1.82) is 0 Å². The molecule has 0 aliphatic heterocycles. The summed E-state index contributed by atoms with van der Waals surface area (Å²) in [6, 6.07) is 8.87. The molecule has 2 heteroatoms. The molecule has 1 N–H and O–H groups in total. The monoisotopic (exact) mass is 205 g/mol. The van der Waals surface area contributed by atoms with E-state index in [1.165, 1.54) is 10.5 Å². The Balaban J connectivity index is 2.62. The molecule has 0 aliphatic carbocycles. The highest BCUT2D eigenvalue weighted by atomic mass is 32.2. The van der Waals surface area contributed by atoms with E-state index in [2.05, 4.69) is 48.7 Å². The second-order valence-corrected chi connectivity index (χ2v) is 3.96. The summed E-state index contributed by atoms with van der Waals surface area (Å²) in [5.74, 6) is 2.58. The molecule has 1 rings (SSSR count). The van der Waals surface area contributed by atoms with Crippen molar-refractivity contribution in [3.05, 3.63) is 29.8 Å². The molecule has 14 heavy (non-hydrogen) atoms. The molecule has 0 aromatic heterocycles. The SMILES string of the molecule is C#CCNC(C)c1ccc(SC)cc1. The Morgan fingerprint density at radius 2 is 2.07 bits per heavy atom. The lowest BCUT2D eigenvalue weighted by Gasteiger charge is -2.12. The van der Waals surface area contributed by atoms with Crippen LogP contribution in [0, 0.1) is 12.3 Å². The van der Waals surface area contributed by atoms with Gasteiger partial charge >= 0.3 is 0 Å². The van der Waals surface area contributed by atoms with Crippen molar-refractivity contribution in [3.63, 3.8) is 0 Å². The predicted octanol–water partition coefficient (Wildman–Crippen LogP) is 2.69. The van der Waals surface area contributed by atoms with Crippen molar-refractivity contribution in [2.75, 3.05) is 12.8 Å². The Kier molecular flexibility index (Phi) is 4.58. The van der Waals surface area contributed by atoms with E-state index >= 15 is 0 Å². The number of hydrogen-bond donors (Lipinski definition) is 1. The molecular weight excluding hydrogens is 190 g/mol. The summed E-state index contributed by atoms with van der Waals surface area (Å²) in [6.45, 7) is 2.73. The average Bonchev–Trinajstić information content (AvgIpc) is 2.26. The summed E-state index contributed by atoms with van der Waals surface area (Å²) in [4.78, 5) is 1.29. The summed E-state index contributed by atoms with van der Waals surface area (Å²) in [5.41, 5.74) is 1.28. The maximum atomic E-state index is 5.18. The van der Waals surface area contributed by atoms with Crippen LogP contribution in [0.15, 0.2) is 29.2 Å². The zero-order chi connectivity index (χ0) is 10.4. The summed E-state index contributed by atoms with van der Waals surface area (Å²) >= 11 is 1.75. The molecule has 0 spiro atoms. The highest BCUT2D eigenvalue weighted by molar-refractivity contribution is 7.98. The van der Waals surface area contributed by atoms with Gasteiger partial charge in [-0.1, -0.05) is 18.1 Å². The number of nitrogens with one attached hydrogen (secondary N) is 1. The van der Waals surface area contributed by atoms with Gasteiger partial charge in [0.1, 0.15) is 0 Å². The van der Waals surface area contributed by atoms with E-state index in [9.17, 15) is 0 Å². The van der Waals surface area contributed by atoms with Gasteiger partial charge in [0.2, 0.25) is 0 Å². The fraction of sp³-hybridized carbons (Fsp3) is 0.333. The third-order valence-corrected chi connectivity index (χ3v) is 2.87. The minimum absolute atomic E-state index is 0.321. The fourth-order valence-electron chi connectivity index (χ4n) is 1.22. The third kappa shape index (κ3) is 3.10. The molecule has 0 bridgehead atoms. The topological polar surface area (TPSA) is 12.0 Å². The van der Waals surface area contributed by atoms with Gasteiger partial charge in [0.15, 0.2) is 0 Å². The van der Waals surface area contributed by atoms with Gasteiger partial charge in [-0.25, -0.2) is 0 Å². The summed E-state index contributed by atoms with van der Waals surface area (Å²) < 4.78 is 0. The summed E-state index contributed by atoms with van der Waals surface area (Å²) in [6.07, 6.45) is 7.26. The normalized spacial score (nSPS) is 12.1. The Bertz CT molecular complexity index is 310. The molecule has 1 aromatic rings. The highest BCUT2D eigenvalue weighted by Crippen LogP contribution is 2.18. The van der Waals surface area contributed by atoms with Crippen LogP contribution in [-0.4, -0.2) is 12.8 Å². The molecule has 0 amide bonds. The first-order valence-electron chi connectivity index (χ1n) is 4.58. The van der Waals surface area contributed by atoms with Crippen molar-refractivity contribution in [3.8, 4) is 12.3 Å². The number of rotatable bonds is 4. The third-order valence-electron chi connectivity index (χ3n) is 2.13. The Hall–Kier alpha value is -0.910. The molecule has 0 saturated heterocycles. The van der Waals surface area contributed by atoms with Crippen LogP contribution in [0.5, 0.6) is 0 Å². The lowest BCUT2D eigenvalue weighted by atomic mass is 10.1. The molecule has 0 saturated carbocycles. The van der Waals surface area contributed by atoms with Gasteiger partial charge in [0, 0.05) is 10.9 Å². The molecular formula is C12H15NS. The molecule has 1 nitrogen and oxygen atoms in total. The van der Waals surface area contributed by atoms with Crippen molar-refractivity contribution in [2.24, 2.45) is 0 Å². The lowest BCUT2D eigenvalue weighted by Crippen LogP contribution is -2.18. The second-order valence-electron chi connectivity index (χ2n) is 3.08. The molecule has 0 radical (unpaired) electrons. The second kappa shape index (κ2) is 5.74. The number of benzene rings is 1. The first-order chi connectivity index (χ1) is 6.77. The van der Waals surface area contributed by atoms with Crippen LogP contribution >= 0.6 is 11.8 Å². The number of thioether (sulfide) groups is 1. The van der Waals surface area contributed by atoms with Crippen LogP contribution in [0.3, 0.4) is 0 Å². The number of terminal acetylenes is 1. The zero-order valence-corrected chi connectivity index (χ0v) is 9.40. The number of hydrogen-bond acceptors (Lipinski definition) is 2. The van der Waals surface area contributed by atoms with E-state index in [-0.39, 0.29) is 0 Å². The van der Waals surface area contributed by atoms with E-state index in [4.69, 9.17) is 6.42 Å². The summed E-state index contributed by atoms with van der Waals surface area (Å²) in [7, 11) is 0. The lowest BCUT2D eigenvalue weighted by molar-refractivity contribution is 0.623. The van der Waals surface area contributed by atoms with Crippen LogP contribution in [-0.2, 0) is 0 Å². The first-order valence-corrected chi connectivity index (χ1v) is 5.81. The summed E-state index contributed by atoms with van der Waals surface area (Å²) in [5, 5.41) is 3.24. The maximum absolute atomic E-state index is 5.18. The van der Waals surface area contributed by atoms with Crippen molar-refractivity contribution < 1.29 is 0 Å². The zero-order valence-electron chi connectivity index (χ0n) is 8.58. The van der Waals surface area contributed by atoms with Crippen molar-refractivity contribution >= 4 is 11.8 Å². The van der Waals surface area contributed by atoms with Crippen LogP contribution in [0.2, 0.25) is 0 Å². The predicted molar refractivity (Wildman–Crippen MR) is 63.5 cm³/mol. The van der Waals surface area contributed by atoms with Gasteiger partial charge in [0.05, 0.1) is 6.54 Å². The Labute approximate surface area is 90.3 Å². The molecule has 0 fully saturated rings. The van der Waals surface area contributed by atoms with E-state index in [0.29, 0.717) is 12.6 Å². The van der Waals surface area contributed by atoms with Gasteiger partial charge < -0.3 is 0 Å². The van der Waals surface area contributed by atoms with Gasteiger partial charge in [-0.05, 0) is 30.9 Å². The molecule has 1 aromatic carbocycles. The van der Waals surface area contributed by atoms with Gasteiger partial charge in [-0.3, -0.25) is 5.32 Å². The van der Waals surface area contributed by atoms with Crippen molar-refractivity contribution in [2.45, 2.75) is 17.9 Å². The van der Waals surface area contributed by atoms with E-state index in [1.54, 1.807) is 11.8 Å².